The number of nitrogens with zero attached hydrogens (tertiary/aromatic N) is 6. The molecule has 0 radical (unpaired) electrons. The highest BCUT2D eigenvalue weighted by Gasteiger charge is 2.30. The molecule has 130 valence electrons. The van der Waals surface area contributed by atoms with Gasteiger partial charge in [-0.05, 0) is 19.2 Å². The second-order valence-electron chi connectivity index (χ2n) is 6.13. The Kier molecular flexibility index (Phi) is 4.95. The van der Waals surface area contributed by atoms with Crippen LogP contribution in [-0.4, -0.2) is 63.5 Å². The molecule has 8 nitrogen and oxygen atoms in total. The zero-order valence-electron chi connectivity index (χ0n) is 14.4. The molecule has 2 aromatic heterocycles. The highest BCUT2D eigenvalue weighted by atomic mass is 16.2. The Hall–Kier alpha value is -2.92. The van der Waals surface area contributed by atoms with E-state index in [1.54, 1.807) is 18.3 Å². The number of piperazine rings is 1. The molecular formula is C17H21N7O. The number of carbonyl (C=O) groups is 1. The molecule has 1 unspecified atom stereocenters. The molecule has 0 aromatic carbocycles. The van der Waals surface area contributed by atoms with Crippen LogP contribution in [0.3, 0.4) is 0 Å². The van der Waals surface area contributed by atoms with Crippen LogP contribution in [0, 0.1) is 11.3 Å². The molecule has 1 aliphatic heterocycles. The standard InChI is InChI=1S/C17H21N7O/c1-22-7-8-24(12-14(22)17-19-5-6-23(17)2)16(25)11-21-15-4-3-13(9-18)10-20-15/h3-6,10,14H,7-8,11-12H2,1-2H3,(H,20,21). The van der Waals surface area contributed by atoms with E-state index in [1.165, 1.54) is 6.20 Å². The van der Waals surface area contributed by atoms with Crippen LogP contribution in [0.1, 0.15) is 17.4 Å². The molecule has 0 bridgehead atoms. The van der Waals surface area contributed by atoms with Crippen molar-refractivity contribution in [3.63, 3.8) is 0 Å². The number of anilines is 1. The van der Waals surface area contributed by atoms with Gasteiger partial charge < -0.3 is 14.8 Å². The predicted octanol–water partition coefficient (Wildman–Crippen LogP) is 0.614. The molecule has 2 aromatic rings. The Morgan fingerprint density at radius 3 is 2.84 bits per heavy atom. The lowest BCUT2D eigenvalue weighted by atomic mass is 10.1. The van der Waals surface area contributed by atoms with Crippen LogP contribution in [-0.2, 0) is 11.8 Å². The Bertz CT molecular complexity index is 777. The van der Waals surface area contributed by atoms with Crippen molar-refractivity contribution >= 4 is 11.7 Å². The molecule has 1 fully saturated rings. The van der Waals surface area contributed by atoms with Crippen LogP contribution in [0.5, 0.6) is 0 Å². The van der Waals surface area contributed by atoms with Crippen molar-refractivity contribution in [3.8, 4) is 6.07 Å². The minimum atomic E-state index is 0.0264. The number of nitriles is 1. The summed E-state index contributed by atoms with van der Waals surface area (Å²) in [5.41, 5.74) is 0.494. The number of aryl methyl sites for hydroxylation is 1. The maximum atomic E-state index is 12.5. The monoisotopic (exact) mass is 339 g/mol. The van der Waals surface area contributed by atoms with E-state index in [4.69, 9.17) is 5.26 Å². The van der Waals surface area contributed by atoms with Crippen molar-refractivity contribution in [1.82, 2.24) is 24.3 Å². The number of likely N-dealkylation sites (N-methyl/N-ethyl adjacent to an activating group) is 1. The normalized spacial score (nSPS) is 18.0. The van der Waals surface area contributed by atoms with Gasteiger partial charge >= 0.3 is 0 Å². The summed E-state index contributed by atoms with van der Waals surface area (Å²) in [6, 6.07) is 5.48. The third-order valence-corrected chi connectivity index (χ3v) is 4.47. The van der Waals surface area contributed by atoms with Crippen LogP contribution >= 0.6 is 0 Å². The van der Waals surface area contributed by atoms with Gasteiger partial charge in [0.2, 0.25) is 5.91 Å². The molecule has 25 heavy (non-hydrogen) atoms. The van der Waals surface area contributed by atoms with Gasteiger partial charge in [-0.2, -0.15) is 5.26 Å². The van der Waals surface area contributed by atoms with E-state index in [1.807, 2.05) is 28.8 Å². The molecular weight excluding hydrogens is 318 g/mol. The predicted molar refractivity (Wildman–Crippen MR) is 92.6 cm³/mol. The highest BCUT2D eigenvalue weighted by Crippen LogP contribution is 2.22. The van der Waals surface area contributed by atoms with Crippen molar-refractivity contribution in [2.24, 2.45) is 7.05 Å². The first kappa shape index (κ1) is 16.9. The summed E-state index contributed by atoms with van der Waals surface area (Å²) in [7, 11) is 4.02. The van der Waals surface area contributed by atoms with E-state index in [9.17, 15) is 4.79 Å². The summed E-state index contributed by atoms with van der Waals surface area (Å²) in [6.45, 7) is 2.29. The number of carbonyl (C=O) groups excluding carboxylic acids is 1. The molecule has 3 rings (SSSR count). The quantitative estimate of drug-likeness (QED) is 0.878. The van der Waals surface area contributed by atoms with Crippen LogP contribution in [0.15, 0.2) is 30.7 Å². The average Bonchev–Trinajstić information content (AvgIpc) is 3.06. The second-order valence-corrected chi connectivity index (χ2v) is 6.13. The molecule has 3 heterocycles. The minimum absolute atomic E-state index is 0.0264. The average molecular weight is 339 g/mol. The molecule has 0 spiro atoms. The van der Waals surface area contributed by atoms with E-state index >= 15 is 0 Å². The van der Waals surface area contributed by atoms with Crippen molar-refractivity contribution in [3.05, 3.63) is 42.1 Å². The number of hydrogen-bond acceptors (Lipinski definition) is 6. The molecule has 1 aliphatic rings. The van der Waals surface area contributed by atoms with Gasteiger partial charge in [-0.1, -0.05) is 0 Å². The minimum Gasteiger partial charge on any atom is -0.361 e. The van der Waals surface area contributed by atoms with Gasteiger partial charge in [-0.15, -0.1) is 0 Å². The maximum absolute atomic E-state index is 12.5. The summed E-state index contributed by atoms with van der Waals surface area (Å²) >= 11 is 0. The summed E-state index contributed by atoms with van der Waals surface area (Å²) < 4.78 is 1.99. The molecule has 1 atom stereocenters. The number of aromatic nitrogens is 3. The summed E-state index contributed by atoms with van der Waals surface area (Å²) in [5, 5.41) is 11.8. The SMILES string of the molecule is CN1CCN(C(=O)CNc2ccc(C#N)cn2)CC1c1nccn1C. The van der Waals surface area contributed by atoms with Crippen LogP contribution in [0.2, 0.25) is 0 Å². The zero-order valence-corrected chi connectivity index (χ0v) is 14.4. The van der Waals surface area contributed by atoms with Gasteiger partial charge in [0.15, 0.2) is 0 Å². The lowest BCUT2D eigenvalue weighted by Gasteiger charge is -2.39. The Balaban J connectivity index is 1.60. The first-order valence-corrected chi connectivity index (χ1v) is 8.13. The van der Waals surface area contributed by atoms with Gasteiger partial charge in [-0.3, -0.25) is 9.69 Å². The topological polar surface area (TPSA) is 90.1 Å². The van der Waals surface area contributed by atoms with Gasteiger partial charge in [0.05, 0.1) is 18.2 Å². The number of imidazole rings is 1. The summed E-state index contributed by atoms with van der Waals surface area (Å²) in [6.07, 6.45) is 5.18. The Labute approximate surface area is 146 Å². The van der Waals surface area contributed by atoms with E-state index in [0.29, 0.717) is 24.5 Å². The Morgan fingerprint density at radius 2 is 2.20 bits per heavy atom. The van der Waals surface area contributed by atoms with Crippen LogP contribution < -0.4 is 5.32 Å². The number of nitrogens with one attached hydrogen (secondary N) is 1. The molecule has 1 saturated heterocycles. The van der Waals surface area contributed by atoms with Crippen molar-refractivity contribution in [1.29, 1.82) is 5.26 Å². The largest absolute Gasteiger partial charge is 0.361 e. The molecule has 8 heteroatoms. The maximum Gasteiger partial charge on any atom is 0.242 e. The van der Waals surface area contributed by atoms with Crippen LogP contribution in [0.25, 0.3) is 0 Å². The fourth-order valence-electron chi connectivity index (χ4n) is 2.92. The van der Waals surface area contributed by atoms with E-state index in [2.05, 4.69) is 27.2 Å². The summed E-state index contributed by atoms with van der Waals surface area (Å²) in [5.74, 6) is 1.57. The van der Waals surface area contributed by atoms with E-state index in [-0.39, 0.29) is 18.5 Å². The third-order valence-electron chi connectivity index (χ3n) is 4.47. The van der Waals surface area contributed by atoms with Crippen molar-refractivity contribution < 1.29 is 4.79 Å². The fraction of sp³-hybridized carbons (Fsp3) is 0.412. The molecule has 0 saturated carbocycles. The van der Waals surface area contributed by atoms with Gasteiger partial charge in [0.1, 0.15) is 17.7 Å². The molecule has 1 amide bonds. The molecule has 0 aliphatic carbocycles. The number of rotatable bonds is 4. The van der Waals surface area contributed by atoms with E-state index < -0.39 is 0 Å². The number of hydrogen-bond donors (Lipinski definition) is 1. The van der Waals surface area contributed by atoms with Gasteiger partial charge in [-0.25, -0.2) is 9.97 Å². The van der Waals surface area contributed by atoms with E-state index in [0.717, 1.165) is 12.4 Å². The van der Waals surface area contributed by atoms with Crippen molar-refractivity contribution in [2.75, 3.05) is 38.5 Å². The smallest absolute Gasteiger partial charge is 0.242 e. The fourth-order valence-corrected chi connectivity index (χ4v) is 2.92. The van der Waals surface area contributed by atoms with Gasteiger partial charge in [0, 0.05) is 45.3 Å². The highest BCUT2D eigenvalue weighted by molar-refractivity contribution is 5.80. The number of pyridine rings is 1. The second kappa shape index (κ2) is 7.32. The first-order chi connectivity index (χ1) is 12.1. The Morgan fingerprint density at radius 1 is 1.36 bits per heavy atom. The summed E-state index contributed by atoms with van der Waals surface area (Å²) in [4.78, 5) is 25.2. The third kappa shape index (κ3) is 3.78. The first-order valence-electron chi connectivity index (χ1n) is 8.13. The zero-order chi connectivity index (χ0) is 17.8. The lowest BCUT2D eigenvalue weighted by molar-refractivity contribution is -0.132. The van der Waals surface area contributed by atoms with Gasteiger partial charge in [0.25, 0.3) is 0 Å². The van der Waals surface area contributed by atoms with Crippen LogP contribution in [0.4, 0.5) is 5.82 Å². The lowest BCUT2D eigenvalue weighted by Crippen LogP contribution is -2.50. The van der Waals surface area contributed by atoms with Crippen molar-refractivity contribution in [2.45, 2.75) is 6.04 Å². The number of amides is 1. The molecule has 1 N–H and O–H groups in total.